The van der Waals surface area contributed by atoms with Crippen LogP contribution in [-0.4, -0.2) is 23.6 Å². The molecule has 1 aromatic carbocycles. The van der Waals surface area contributed by atoms with Gasteiger partial charge in [0.15, 0.2) is 0 Å². The van der Waals surface area contributed by atoms with Gasteiger partial charge in [0.25, 0.3) is 5.91 Å². The van der Waals surface area contributed by atoms with Crippen LogP contribution in [0.3, 0.4) is 0 Å². The third kappa shape index (κ3) is 3.06. The summed E-state index contributed by atoms with van der Waals surface area (Å²) in [5, 5.41) is 12.0. The Kier molecular flexibility index (Phi) is 4.29. The summed E-state index contributed by atoms with van der Waals surface area (Å²) in [5.74, 6) is 0.474. The highest BCUT2D eigenvalue weighted by Crippen LogP contribution is 2.20. The van der Waals surface area contributed by atoms with Gasteiger partial charge in [-0.3, -0.25) is 4.79 Å². The van der Waals surface area contributed by atoms with Crippen LogP contribution < -0.4 is 10.1 Å². The zero-order valence-electron chi connectivity index (χ0n) is 12.3. The van der Waals surface area contributed by atoms with E-state index in [9.17, 15) is 10.1 Å². The first kappa shape index (κ1) is 14.7. The lowest BCUT2D eigenvalue weighted by Crippen LogP contribution is -2.32. The lowest BCUT2D eigenvalue weighted by atomic mass is 10.2. The third-order valence-corrected chi connectivity index (χ3v) is 2.99. The van der Waals surface area contributed by atoms with Crippen LogP contribution in [0.25, 0.3) is 5.69 Å². The quantitative estimate of drug-likeness (QED) is 0.937. The van der Waals surface area contributed by atoms with Gasteiger partial charge in [0.05, 0.1) is 12.7 Å². The summed E-state index contributed by atoms with van der Waals surface area (Å²) in [7, 11) is 1.60. The minimum atomic E-state index is -0.262. The van der Waals surface area contributed by atoms with Crippen LogP contribution in [0.4, 0.5) is 0 Å². The van der Waals surface area contributed by atoms with E-state index in [4.69, 9.17) is 4.74 Å². The predicted octanol–water partition coefficient (Wildman–Crippen LogP) is 2.50. The topological polar surface area (TPSA) is 67.0 Å². The summed E-state index contributed by atoms with van der Waals surface area (Å²) in [6.45, 7) is 3.76. The standard InChI is InChI=1S/C16H17N3O2/c1-11(2)18-16(20)15-12(10-17)8-9-19(15)13-4-6-14(21-3)7-5-13/h4-9,11H,1-3H3,(H,18,20). The summed E-state index contributed by atoms with van der Waals surface area (Å²) in [4.78, 5) is 12.3. The van der Waals surface area contributed by atoms with Gasteiger partial charge in [-0.2, -0.15) is 5.26 Å². The number of rotatable bonds is 4. The van der Waals surface area contributed by atoms with Crippen molar-refractivity contribution in [3.05, 3.63) is 47.8 Å². The van der Waals surface area contributed by atoms with E-state index in [2.05, 4.69) is 11.4 Å². The van der Waals surface area contributed by atoms with E-state index < -0.39 is 0 Å². The molecule has 1 amide bonds. The van der Waals surface area contributed by atoms with Crippen molar-refractivity contribution in [1.82, 2.24) is 9.88 Å². The summed E-state index contributed by atoms with van der Waals surface area (Å²) in [5.41, 5.74) is 1.49. The first-order valence-electron chi connectivity index (χ1n) is 6.63. The molecule has 0 aliphatic carbocycles. The number of aromatic nitrogens is 1. The van der Waals surface area contributed by atoms with Crippen LogP contribution >= 0.6 is 0 Å². The average molecular weight is 283 g/mol. The van der Waals surface area contributed by atoms with Crippen LogP contribution in [0.1, 0.15) is 29.9 Å². The molecule has 5 nitrogen and oxygen atoms in total. The summed E-state index contributed by atoms with van der Waals surface area (Å²) >= 11 is 0. The molecule has 0 aliphatic rings. The van der Waals surface area contributed by atoms with Gasteiger partial charge in [-0.25, -0.2) is 0 Å². The molecule has 0 saturated heterocycles. The van der Waals surface area contributed by atoms with E-state index in [0.29, 0.717) is 11.3 Å². The van der Waals surface area contributed by atoms with Crippen molar-refractivity contribution in [2.24, 2.45) is 0 Å². The molecule has 108 valence electrons. The van der Waals surface area contributed by atoms with E-state index in [1.54, 1.807) is 23.9 Å². The Morgan fingerprint density at radius 1 is 1.29 bits per heavy atom. The normalized spacial score (nSPS) is 10.2. The Balaban J connectivity index is 2.46. The third-order valence-electron chi connectivity index (χ3n) is 2.99. The van der Waals surface area contributed by atoms with Crippen LogP contribution in [0.5, 0.6) is 5.75 Å². The maximum Gasteiger partial charge on any atom is 0.269 e. The zero-order valence-corrected chi connectivity index (χ0v) is 12.3. The fraction of sp³-hybridized carbons (Fsp3) is 0.250. The molecule has 0 atom stereocenters. The van der Waals surface area contributed by atoms with E-state index in [1.165, 1.54) is 0 Å². The Labute approximate surface area is 123 Å². The largest absolute Gasteiger partial charge is 0.497 e. The number of hydrogen-bond acceptors (Lipinski definition) is 3. The number of nitriles is 1. The number of benzene rings is 1. The monoisotopic (exact) mass is 283 g/mol. The fourth-order valence-electron chi connectivity index (χ4n) is 2.04. The molecule has 1 heterocycles. The maximum absolute atomic E-state index is 12.3. The van der Waals surface area contributed by atoms with Crippen molar-refractivity contribution < 1.29 is 9.53 Å². The lowest BCUT2D eigenvalue weighted by Gasteiger charge is -2.12. The second kappa shape index (κ2) is 6.14. The van der Waals surface area contributed by atoms with Gasteiger partial charge >= 0.3 is 0 Å². The molecule has 0 saturated carbocycles. The van der Waals surface area contributed by atoms with Crippen molar-refractivity contribution in [2.45, 2.75) is 19.9 Å². The molecule has 1 N–H and O–H groups in total. The highest BCUT2D eigenvalue weighted by Gasteiger charge is 2.18. The molecule has 0 spiro atoms. The second-order valence-electron chi connectivity index (χ2n) is 4.89. The summed E-state index contributed by atoms with van der Waals surface area (Å²) < 4.78 is 6.82. The van der Waals surface area contributed by atoms with Crippen LogP contribution in [0, 0.1) is 11.3 Å². The predicted molar refractivity (Wildman–Crippen MR) is 79.6 cm³/mol. The molecule has 2 aromatic rings. The molecule has 0 radical (unpaired) electrons. The molecule has 0 unspecified atom stereocenters. The Morgan fingerprint density at radius 2 is 1.95 bits per heavy atom. The lowest BCUT2D eigenvalue weighted by molar-refractivity contribution is 0.0936. The number of carbonyl (C=O) groups excluding carboxylic acids is 1. The maximum atomic E-state index is 12.3. The molecule has 1 aromatic heterocycles. The smallest absolute Gasteiger partial charge is 0.269 e. The number of ether oxygens (including phenoxy) is 1. The number of hydrogen-bond donors (Lipinski definition) is 1. The minimum absolute atomic E-state index is 0.00302. The number of carbonyl (C=O) groups is 1. The molecular weight excluding hydrogens is 266 g/mol. The van der Waals surface area contributed by atoms with Crippen molar-refractivity contribution in [2.75, 3.05) is 7.11 Å². The van der Waals surface area contributed by atoms with Gasteiger partial charge in [0.2, 0.25) is 0 Å². The van der Waals surface area contributed by atoms with Gasteiger partial charge < -0.3 is 14.6 Å². The van der Waals surface area contributed by atoms with E-state index in [0.717, 1.165) is 11.4 Å². The van der Waals surface area contributed by atoms with Crippen LogP contribution in [0.15, 0.2) is 36.5 Å². The summed E-state index contributed by atoms with van der Waals surface area (Å²) in [6.07, 6.45) is 1.72. The molecule has 0 fully saturated rings. The van der Waals surface area contributed by atoms with Gasteiger partial charge in [-0.1, -0.05) is 0 Å². The van der Waals surface area contributed by atoms with E-state index in [-0.39, 0.29) is 11.9 Å². The number of nitrogens with one attached hydrogen (secondary N) is 1. The molecule has 0 aliphatic heterocycles. The highest BCUT2D eigenvalue weighted by atomic mass is 16.5. The SMILES string of the molecule is COc1ccc(-n2ccc(C#N)c2C(=O)NC(C)C)cc1. The van der Waals surface area contributed by atoms with Gasteiger partial charge in [-0.05, 0) is 44.2 Å². The molecule has 5 heteroatoms. The van der Waals surface area contributed by atoms with Crippen LogP contribution in [-0.2, 0) is 0 Å². The Hall–Kier alpha value is -2.74. The van der Waals surface area contributed by atoms with Gasteiger partial charge in [0.1, 0.15) is 17.5 Å². The molecule has 0 bridgehead atoms. The van der Waals surface area contributed by atoms with E-state index in [1.807, 2.05) is 38.1 Å². The first-order chi connectivity index (χ1) is 10.1. The Morgan fingerprint density at radius 3 is 2.48 bits per heavy atom. The zero-order chi connectivity index (χ0) is 15.4. The van der Waals surface area contributed by atoms with Crippen molar-refractivity contribution in [3.8, 4) is 17.5 Å². The van der Waals surface area contributed by atoms with Crippen molar-refractivity contribution in [1.29, 1.82) is 5.26 Å². The van der Waals surface area contributed by atoms with Crippen LogP contribution in [0.2, 0.25) is 0 Å². The second-order valence-corrected chi connectivity index (χ2v) is 4.89. The van der Waals surface area contributed by atoms with Crippen molar-refractivity contribution in [3.63, 3.8) is 0 Å². The minimum Gasteiger partial charge on any atom is -0.497 e. The van der Waals surface area contributed by atoms with Gasteiger partial charge in [0, 0.05) is 17.9 Å². The number of amides is 1. The highest BCUT2D eigenvalue weighted by molar-refractivity contribution is 5.96. The molecular formula is C16H17N3O2. The first-order valence-corrected chi connectivity index (χ1v) is 6.63. The fourth-order valence-corrected chi connectivity index (χ4v) is 2.04. The molecule has 21 heavy (non-hydrogen) atoms. The van der Waals surface area contributed by atoms with Crippen molar-refractivity contribution >= 4 is 5.91 Å². The van der Waals surface area contributed by atoms with Gasteiger partial charge in [-0.15, -0.1) is 0 Å². The Bertz CT molecular complexity index is 679. The number of nitrogens with zero attached hydrogens (tertiary/aromatic N) is 2. The number of methoxy groups -OCH3 is 1. The molecule has 2 rings (SSSR count). The average Bonchev–Trinajstić information content (AvgIpc) is 2.90. The summed E-state index contributed by atoms with van der Waals surface area (Å²) in [6, 6.07) is 11.0. The van der Waals surface area contributed by atoms with E-state index >= 15 is 0 Å².